The van der Waals surface area contributed by atoms with E-state index >= 15 is 0 Å². The molecule has 4 heteroatoms. The lowest BCUT2D eigenvalue weighted by Gasteiger charge is -2.34. The van der Waals surface area contributed by atoms with Crippen molar-refractivity contribution in [1.82, 2.24) is 4.90 Å². The fourth-order valence-corrected chi connectivity index (χ4v) is 4.02. The summed E-state index contributed by atoms with van der Waals surface area (Å²) < 4.78 is 5.18. The van der Waals surface area contributed by atoms with Gasteiger partial charge in [-0.15, -0.1) is 11.8 Å². The molecule has 0 saturated heterocycles. The van der Waals surface area contributed by atoms with Gasteiger partial charge in [0.1, 0.15) is 11.4 Å². The number of nitrogens with zero attached hydrogens (tertiary/aromatic N) is 1. The Morgan fingerprint density at radius 2 is 1.86 bits per heavy atom. The van der Waals surface area contributed by atoms with E-state index in [1.807, 2.05) is 37.2 Å². The number of benzene rings is 1. The molecule has 1 aromatic carbocycles. The minimum atomic E-state index is -0.383. The van der Waals surface area contributed by atoms with Crippen LogP contribution in [0.25, 0.3) is 0 Å². The van der Waals surface area contributed by atoms with Crippen molar-refractivity contribution in [1.29, 1.82) is 0 Å². The lowest BCUT2D eigenvalue weighted by molar-refractivity contribution is -0.147. The Bertz CT molecular complexity index is 441. The number of thioether (sulfide) groups is 1. The predicted molar refractivity (Wildman–Crippen MR) is 87.6 cm³/mol. The van der Waals surface area contributed by atoms with E-state index in [0.717, 1.165) is 37.1 Å². The van der Waals surface area contributed by atoms with E-state index in [1.165, 1.54) is 6.42 Å². The Kier molecular flexibility index (Phi) is 6.12. The Morgan fingerprint density at radius 3 is 2.48 bits per heavy atom. The average Bonchev–Trinajstić information content (AvgIpc) is 2.48. The summed E-state index contributed by atoms with van der Waals surface area (Å²) in [4.78, 5) is 15.8. The van der Waals surface area contributed by atoms with Gasteiger partial charge in [-0.25, -0.2) is 0 Å². The summed E-state index contributed by atoms with van der Waals surface area (Å²) in [5, 5.41) is 0. The first-order chi connectivity index (χ1) is 10.1. The van der Waals surface area contributed by atoms with Crippen molar-refractivity contribution < 1.29 is 9.53 Å². The van der Waals surface area contributed by atoms with Crippen LogP contribution >= 0.6 is 11.8 Å². The summed E-state index contributed by atoms with van der Waals surface area (Å²) in [5.74, 6) is -0.0297. The van der Waals surface area contributed by atoms with E-state index in [0.29, 0.717) is 6.61 Å². The standard InChI is InChI=1S/C17H25NO2S/c1-18(2)13-14-20-16(19)17(11-7-4-8-12-17)21-15-9-5-3-6-10-15/h3,5-6,9-10H,4,7-8,11-14H2,1-2H3. The zero-order chi connectivity index (χ0) is 15.1. The highest BCUT2D eigenvalue weighted by Gasteiger charge is 2.42. The van der Waals surface area contributed by atoms with E-state index in [2.05, 4.69) is 12.1 Å². The molecule has 0 bridgehead atoms. The van der Waals surface area contributed by atoms with Crippen molar-refractivity contribution in [2.75, 3.05) is 27.2 Å². The van der Waals surface area contributed by atoms with Gasteiger partial charge in [-0.1, -0.05) is 37.5 Å². The maximum Gasteiger partial charge on any atom is 0.322 e. The van der Waals surface area contributed by atoms with E-state index in [4.69, 9.17) is 4.74 Å². The summed E-state index contributed by atoms with van der Waals surface area (Å²) in [7, 11) is 3.98. The lowest BCUT2D eigenvalue weighted by atomic mass is 9.88. The third kappa shape index (κ3) is 4.75. The van der Waals surface area contributed by atoms with Gasteiger partial charge in [0.05, 0.1) is 0 Å². The smallest absolute Gasteiger partial charge is 0.322 e. The van der Waals surface area contributed by atoms with Crippen LogP contribution in [0.5, 0.6) is 0 Å². The second-order valence-electron chi connectivity index (χ2n) is 5.91. The Morgan fingerprint density at radius 1 is 1.19 bits per heavy atom. The molecule has 0 radical (unpaired) electrons. The Balaban J connectivity index is 2.04. The minimum Gasteiger partial charge on any atom is -0.463 e. The highest BCUT2D eigenvalue weighted by molar-refractivity contribution is 8.01. The molecule has 2 rings (SSSR count). The number of esters is 1. The quantitative estimate of drug-likeness (QED) is 0.751. The third-order valence-corrected chi connectivity index (χ3v) is 5.33. The Labute approximate surface area is 132 Å². The molecule has 1 fully saturated rings. The van der Waals surface area contributed by atoms with Crippen LogP contribution in [0.15, 0.2) is 35.2 Å². The van der Waals surface area contributed by atoms with Crippen molar-refractivity contribution in [2.45, 2.75) is 41.7 Å². The fraction of sp³-hybridized carbons (Fsp3) is 0.588. The molecule has 0 aromatic heterocycles. The first-order valence-corrected chi connectivity index (χ1v) is 8.50. The molecule has 21 heavy (non-hydrogen) atoms. The Hall–Kier alpha value is -1.00. The molecule has 0 aliphatic heterocycles. The number of carbonyl (C=O) groups is 1. The predicted octanol–water partition coefficient (Wildman–Crippen LogP) is 3.59. The topological polar surface area (TPSA) is 29.5 Å². The third-order valence-electron chi connectivity index (χ3n) is 3.86. The summed E-state index contributed by atoms with van der Waals surface area (Å²) >= 11 is 1.69. The molecule has 0 N–H and O–H groups in total. The number of hydrogen-bond donors (Lipinski definition) is 0. The minimum absolute atomic E-state index is 0.0297. The number of carbonyl (C=O) groups excluding carboxylic acids is 1. The van der Waals surface area contributed by atoms with Gasteiger partial charge < -0.3 is 9.64 Å². The van der Waals surface area contributed by atoms with Gasteiger partial charge in [0.2, 0.25) is 0 Å². The molecule has 3 nitrogen and oxygen atoms in total. The summed E-state index contributed by atoms with van der Waals surface area (Å²) in [6.45, 7) is 1.25. The van der Waals surface area contributed by atoms with E-state index in [-0.39, 0.29) is 10.7 Å². The monoisotopic (exact) mass is 307 g/mol. The van der Waals surface area contributed by atoms with Crippen LogP contribution in [-0.2, 0) is 9.53 Å². The van der Waals surface area contributed by atoms with Gasteiger partial charge in [-0.05, 0) is 39.1 Å². The van der Waals surface area contributed by atoms with E-state index in [9.17, 15) is 4.79 Å². The van der Waals surface area contributed by atoms with Gasteiger partial charge in [0.15, 0.2) is 0 Å². The molecule has 0 heterocycles. The second-order valence-corrected chi connectivity index (χ2v) is 7.37. The number of likely N-dealkylation sites (N-methyl/N-ethyl adjacent to an activating group) is 1. The second kappa shape index (κ2) is 7.85. The number of hydrogen-bond acceptors (Lipinski definition) is 4. The van der Waals surface area contributed by atoms with Gasteiger partial charge in [0.25, 0.3) is 0 Å². The molecule has 1 aromatic rings. The molecule has 1 aliphatic rings. The van der Waals surface area contributed by atoms with Crippen molar-refractivity contribution >= 4 is 17.7 Å². The van der Waals surface area contributed by atoms with Crippen molar-refractivity contribution in [3.8, 4) is 0 Å². The molecular formula is C17H25NO2S. The summed E-state index contributed by atoms with van der Waals surface area (Å²) in [6.07, 6.45) is 5.30. The molecule has 0 spiro atoms. The van der Waals surface area contributed by atoms with Crippen LogP contribution in [0.4, 0.5) is 0 Å². The molecule has 1 aliphatic carbocycles. The van der Waals surface area contributed by atoms with Crippen LogP contribution in [0.1, 0.15) is 32.1 Å². The maximum atomic E-state index is 12.6. The van der Waals surface area contributed by atoms with Crippen LogP contribution in [0.3, 0.4) is 0 Å². The maximum absolute atomic E-state index is 12.6. The first kappa shape index (κ1) is 16.4. The zero-order valence-corrected chi connectivity index (χ0v) is 13.8. The molecule has 116 valence electrons. The van der Waals surface area contributed by atoms with E-state index < -0.39 is 0 Å². The molecule has 0 amide bonds. The van der Waals surface area contributed by atoms with Crippen LogP contribution in [0.2, 0.25) is 0 Å². The van der Waals surface area contributed by atoms with Crippen molar-refractivity contribution in [3.05, 3.63) is 30.3 Å². The largest absolute Gasteiger partial charge is 0.463 e. The van der Waals surface area contributed by atoms with Gasteiger partial charge in [-0.2, -0.15) is 0 Å². The highest BCUT2D eigenvalue weighted by Crippen LogP contribution is 2.44. The van der Waals surface area contributed by atoms with Crippen molar-refractivity contribution in [2.24, 2.45) is 0 Å². The molecular weight excluding hydrogens is 282 g/mol. The van der Waals surface area contributed by atoms with Crippen LogP contribution in [0, 0.1) is 0 Å². The molecule has 1 saturated carbocycles. The van der Waals surface area contributed by atoms with Crippen LogP contribution in [-0.4, -0.2) is 42.9 Å². The SMILES string of the molecule is CN(C)CCOC(=O)C1(Sc2ccccc2)CCCCC1. The molecule has 0 unspecified atom stereocenters. The first-order valence-electron chi connectivity index (χ1n) is 7.68. The highest BCUT2D eigenvalue weighted by atomic mass is 32.2. The van der Waals surface area contributed by atoms with Gasteiger partial charge in [0, 0.05) is 11.4 Å². The fourth-order valence-electron chi connectivity index (χ4n) is 2.64. The van der Waals surface area contributed by atoms with Crippen LogP contribution < -0.4 is 0 Å². The average molecular weight is 307 g/mol. The van der Waals surface area contributed by atoms with Gasteiger partial charge >= 0.3 is 5.97 Å². The molecule has 0 atom stereocenters. The summed E-state index contributed by atoms with van der Waals surface area (Å²) in [5.41, 5.74) is 0. The van der Waals surface area contributed by atoms with Crippen molar-refractivity contribution in [3.63, 3.8) is 0 Å². The number of rotatable bonds is 6. The lowest BCUT2D eigenvalue weighted by Crippen LogP contribution is -2.39. The number of ether oxygens (including phenoxy) is 1. The van der Waals surface area contributed by atoms with E-state index in [1.54, 1.807) is 11.8 Å². The summed E-state index contributed by atoms with van der Waals surface area (Å²) in [6, 6.07) is 10.2. The normalized spacial score (nSPS) is 17.7. The zero-order valence-electron chi connectivity index (χ0n) is 13.0. The van der Waals surface area contributed by atoms with Gasteiger partial charge in [-0.3, -0.25) is 4.79 Å².